The van der Waals surface area contributed by atoms with E-state index < -0.39 is 0 Å². The Bertz CT molecular complexity index is 388. The Kier molecular flexibility index (Phi) is 4.50. The highest BCUT2D eigenvalue weighted by Crippen LogP contribution is 2.39. The Hall–Kier alpha value is -0.760. The summed E-state index contributed by atoms with van der Waals surface area (Å²) in [6.07, 6.45) is 6.71. The van der Waals surface area contributed by atoms with Crippen LogP contribution in [0.4, 0.5) is 0 Å². The van der Waals surface area contributed by atoms with Gasteiger partial charge in [-0.25, -0.2) is 0 Å². The predicted molar refractivity (Wildman–Crippen MR) is 75.9 cm³/mol. The van der Waals surface area contributed by atoms with E-state index in [1.165, 1.54) is 43.2 Å². The summed E-state index contributed by atoms with van der Waals surface area (Å²) in [5.74, 6) is 3.00. The molecule has 1 aromatic heterocycles. The Morgan fingerprint density at radius 1 is 1.17 bits per heavy atom. The Morgan fingerprint density at radius 2 is 1.83 bits per heavy atom. The molecule has 2 rings (SSSR count). The number of hydrogen-bond acceptors (Lipinski definition) is 2. The summed E-state index contributed by atoms with van der Waals surface area (Å²) in [5, 5.41) is 3.76. The molecule has 0 amide bonds. The zero-order valence-corrected chi connectivity index (χ0v) is 12.3. The third-order valence-electron chi connectivity index (χ3n) is 4.41. The highest BCUT2D eigenvalue weighted by atomic mass is 16.3. The van der Waals surface area contributed by atoms with Gasteiger partial charge in [-0.2, -0.15) is 0 Å². The predicted octanol–water partition coefficient (Wildman–Crippen LogP) is 4.44. The molecule has 1 aliphatic carbocycles. The lowest BCUT2D eigenvalue weighted by atomic mass is 9.89. The second-order valence-corrected chi connectivity index (χ2v) is 5.73. The molecule has 0 spiro atoms. The van der Waals surface area contributed by atoms with Crippen LogP contribution < -0.4 is 5.32 Å². The number of furan rings is 1. The molecule has 1 N–H and O–H groups in total. The minimum absolute atomic E-state index is 0.505. The molecule has 0 saturated heterocycles. The molecule has 1 atom stereocenters. The molecule has 18 heavy (non-hydrogen) atoms. The monoisotopic (exact) mass is 249 g/mol. The molecular formula is C16H27NO. The first kappa shape index (κ1) is 13.7. The maximum atomic E-state index is 5.83. The van der Waals surface area contributed by atoms with Gasteiger partial charge in [0, 0.05) is 11.6 Å². The van der Waals surface area contributed by atoms with Crippen molar-refractivity contribution in [2.75, 3.05) is 6.54 Å². The van der Waals surface area contributed by atoms with Crippen molar-refractivity contribution >= 4 is 0 Å². The van der Waals surface area contributed by atoms with Crippen molar-refractivity contribution in [3.63, 3.8) is 0 Å². The van der Waals surface area contributed by atoms with Crippen molar-refractivity contribution in [1.82, 2.24) is 5.32 Å². The summed E-state index contributed by atoms with van der Waals surface area (Å²) in [6.45, 7) is 9.74. The first-order valence-electron chi connectivity index (χ1n) is 7.45. The average molecular weight is 249 g/mol. The molecule has 2 nitrogen and oxygen atoms in total. The van der Waals surface area contributed by atoms with Gasteiger partial charge in [-0.15, -0.1) is 0 Å². The SMILES string of the molecule is CCCNC(c1c(C)oc(C)c1C)C1CCCC1. The van der Waals surface area contributed by atoms with Gasteiger partial charge in [0.1, 0.15) is 11.5 Å². The van der Waals surface area contributed by atoms with Gasteiger partial charge in [0.05, 0.1) is 0 Å². The van der Waals surface area contributed by atoms with Crippen molar-refractivity contribution in [2.45, 2.75) is 65.8 Å². The lowest BCUT2D eigenvalue weighted by Gasteiger charge is -2.25. The van der Waals surface area contributed by atoms with Crippen LogP contribution in [0.3, 0.4) is 0 Å². The maximum Gasteiger partial charge on any atom is 0.106 e. The molecule has 0 bridgehead atoms. The quantitative estimate of drug-likeness (QED) is 0.834. The zero-order chi connectivity index (χ0) is 13.1. The maximum absolute atomic E-state index is 5.83. The lowest BCUT2D eigenvalue weighted by molar-refractivity contribution is 0.361. The first-order valence-corrected chi connectivity index (χ1v) is 7.45. The normalized spacial score (nSPS) is 18.4. The summed E-state index contributed by atoms with van der Waals surface area (Å²) in [6, 6.07) is 0.505. The van der Waals surface area contributed by atoms with Gasteiger partial charge in [0.15, 0.2) is 0 Å². The Morgan fingerprint density at radius 3 is 2.33 bits per heavy atom. The fourth-order valence-corrected chi connectivity index (χ4v) is 3.36. The van der Waals surface area contributed by atoms with E-state index in [4.69, 9.17) is 4.42 Å². The topological polar surface area (TPSA) is 25.2 Å². The Labute approximate surface area is 111 Å². The van der Waals surface area contributed by atoms with Crippen LogP contribution in [0.15, 0.2) is 4.42 Å². The van der Waals surface area contributed by atoms with Crippen molar-refractivity contribution in [2.24, 2.45) is 5.92 Å². The molecule has 1 fully saturated rings. The van der Waals surface area contributed by atoms with Crippen LogP contribution in [0.2, 0.25) is 0 Å². The van der Waals surface area contributed by atoms with E-state index in [0.717, 1.165) is 24.0 Å². The minimum Gasteiger partial charge on any atom is -0.466 e. The summed E-state index contributed by atoms with van der Waals surface area (Å²) >= 11 is 0. The summed E-state index contributed by atoms with van der Waals surface area (Å²) in [7, 11) is 0. The van der Waals surface area contributed by atoms with Crippen LogP contribution in [0, 0.1) is 26.7 Å². The van der Waals surface area contributed by atoms with Gasteiger partial charge in [-0.05, 0) is 58.1 Å². The highest BCUT2D eigenvalue weighted by molar-refractivity contribution is 5.34. The molecule has 0 radical (unpaired) electrons. The van der Waals surface area contributed by atoms with E-state index in [1.54, 1.807) is 0 Å². The van der Waals surface area contributed by atoms with E-state index in [-0.39, 0.29) is 0 Å². The second kappa shape index (κ2) is 5.92. The van der Waals surface area contributed by atoms with E-state index in [2.05, 4.69) is 33.0 Å². The van der Waals surface area contributed by atoms with Crippen molar-refractivity contribution in [3.05, 3.63) is 22.6 Å². The van der Waals surface area contributed by atoms with Crippen LogP contribution in [0.5, 0.6) is 0 Å². The van der Waals surface area contributed by atoms with Gasteiger partial charge in [0.2, 0.25) is 0 Å². The van der Waals surface area contributed by atoms with Gasteiger partial charge in [0.25, 0.3) is 0 Å². The molecule has 1 saturated carbocycles. The minimum atomic E-state index is 0.505. The largest absolute Gasteiger partial charge is 0.466 e. The fraction of sp³-hybridized carbons (Fsp3) is 0.750. The molecule has 1 heterocycles. The third kappa shape index (κ3) is 2.64. The van der Waals surface area contributed by atoms with Gasteiger partial charge < -0.3 is 9.73 Å². The molecule has 1 aliphatic rings. The first-order chi connectivity index (χ1) is 8.65. The number of rotatable bonds is 5. The van der Waals surface area contributed by atoms with Crippen molar-refractivity contribution < 1.29 is 4.42 Å². The highest BCUT2D eigenvalue weighted by Gasteiger charge is 2.30. The van der Waals surface area contributed by atoms with E-state index in [9.17, 15) is 0 Å². The van der Waals surface area contributed by atoms with Crippen LogP contribution in [-0.2, 0) is 0 Å². The molecule has 0 aromatic carbocycles. The molecule has 1 unspecified atom stereocenters. The second-order valence-electron chi connectivity index (χ2n) is 5.73. The molecule has 1 aromatic rings. The van der Waals surface area contributed by atoms with E-state index >= 15 is 0 Å². The Balaban J connectivity index is 2.26. The van der Waals surface area contributed by atoms with Gasteiger partial charge in [-0.1, -0.05) is 19.8 Å². The number of hydrogen-bond donors (Lipinski definition) is 1. The standard InChI is InChI=1S/C16H27NO/c1-5-10-17-16(14-8-6-7-9-14)15-11(2)12(3)18-13(15)4/h14,16-17H,5-10H2,1-4H3. The third-order valence-corrected chi connectivity index (χ3v) is 4.41. The van der Waals surface area contributed by atoms with Crippen LogP contribution in [0.1, 0.15) is 67.7 Å². The van der Waals surface area contributed by atoms with Crippen molar-refractivity contribution in [3.8, 4) is 0 Å². The molecule has 102 valence electrons. The summed E-state index contributed by atoms with van der Waals surface area (Å²) in [4.78, 5) is 0. The zero-order valence-electron chi connectivity index (χ0n) is 12.3. The van der Waals surface area contributed by atoms with Crippen LogP contribution in [-0.4, -0.2) is 6.54 Å². The number of nitrogens with one attached hydrogen (secondary N) is 1. The molecule has 0 aliphatic heterocycles. The smallest absolute Gasteiger partial charge is 0.106 e. The van der Waals surface area contributed by atoms with E-state index in [1.807, 2.05) is 0 Å². The van der Waals surface area contributed by atoms with Crippen LogP contribution in [0.25, 0.3) is 0 Å². The summed E-state index contributed by atoms with van der Waals surface area (Å²) in [5.41, 5.74) is 2.79. The van der Waals surface area contributed by atoms with E-state index in [0.29, 0.717) is 6.04 Å². The molecule has 2 heteroatoms. The number of aryl methyl sites for hydroxylation is 2. The fourth-order valence-electron chi connectivity index (χ4n) is 3.36. The van der Waals surface area contributed by atoms with Gasteiger partial charge >= 0.3 is 0 Å². The lowest BCUT2D eigenvalue weighted by Crippen LogP contribution is -2.28. The summed E-state index contributed by atoms with van der Waals surface area (Å²) < 4.78 is 5.83. The van der Waals surface area contributed by atoms with Gasteiger partial charge in [-0.3, -0.25) is 0 Å². The van der Waals surface area contributed by atoms with Crippen molar-refractivity contribution in [1.29, 1.82) is 0 Å². The molecular weight excluding hydrogens is 222 g/mol. The van der Waals surface area contributed by atoms with Crippen LogP contribution >= 0.6 is 0 Å². The average Bonchev–Trinajstić information content (AvgIpc) is 2.93.